The van der Waals surface area contributed by atoms with Crippen molar-refractivity contribution in [3.8, 4) is 5.75 Å². The number of carbonyl (C=O) groups excluding carboxylic acids is 1. The van der Waals surface area contributed by atoms with Gasteiger partial charge in [0.2, 0.25) is 5.91 Å². The van der Waals surface area contributed by atoms with Crippen molar-refractivity contribution in [1.82, 2.24) is 14.9 Å². The molecular weight excluding hydrogens is 398 g/mol. The van der Waals surface area contributed by atoms with Crippen LogP contribution in [0.4, 0.5) is 0 Å². The van der Waals surface area contributed by atoms with E-state index in [1.807, 2.05) is 54.8 Å². The summed E-state index contributed by atoms with van der Waals surface area (Å²) in [6, 6.07) is 13.3. The van der Waals surface area contributed by atoms with Crippen molar-refractivity contribution in [3.63, 3.8) is 0 Å². The van der Waals surface area contributed by atoms with Crippen LogP contribution in [0.5, 0.6) is 5.75 Å². The van der Waals surface area contributed by atoms with Gasteiger partial charge in [0, 0.05) is 31.3 Å². The van der Waals surface area contributed by atoms with Crippen LogP contribution in [0, 0.1) is 6.92 Å². The second-order valence-corrected chi connectivity index (χ2v) is 7.68. The second-order valence-electron chi connectivity index (χ2n) is 6.62. The summed E-state index contributed by atoms with van der Waals surface area (Å²) in [5, 5.41) is 3.03. The fourth-order valence-corrected chi connectivity index (χ4v) is 3.33. The van der Waals surface area contributed by atoms with Gasteiger partial charge in [0.1, 0.15) is 12.4 Å². The van der Waals surface area contributed by atoms with Crippen molar-refractivity contribution < 1.29 is 14.3 Å². The lowest BCUT2D eigenvalue weighted by Gasteiger charge is -2.20. The molecule has 156 valence electrons. The van der Waals surface area contributed by atoms with E-state index >= 15 is 0 Å². The maximum absolute atomic E-state index is 12.7. The van der Waals surface area contributed by atoms with E-state index in [9.17, 15) is 4.79 Å². The van der Waals surface area contributed by atoms with Crippen molar-refractivity contribution in [2.45, 2.75) is 20.1 Å². The van der Waals surface area contributed by atoms with Crippen LogP contribution in [0.25, 0.3) is 6.08 Å². The van der Waals surface area contributed by atoms with Crippen LogP contribution in [0.2, 0.25) is 0 Å². The Labute approximate surface area is 180 Å². The minimum atomic E-state index is -0.0862. The highest BCUT2D eigenvalue weighted by Gasteiger charge is 2.11. The number of hydrogen-bond donors (Lipinski definition) is 0. The first-order valence-electron chi connectivity index (χ1n) is 9.64. The Morgan fingerprint density at radius 1 is 1.17 bits per heavy atom. The topological polar surface area (TPSA) is 64.5 Å². The summed E-state index contributed by atoms with van der Waals surface area (Å²) in [6.45, 7) is 3.83. The van der Waals surface area contributed by atoms with Gasteiger partial charge in [0.25, 0.3) is 0 Å². The molecule has 0 bridgehead atoms. The molecule has 0 saturated heterocycles. The summed E-state index contributed by atoms with van der Waals surface area (Å²) in [7, 11) is 1.62. The molecule has 7 heteroatoms. The smallest absolute Gasteiger partial charge is 0.247 e. The van der Waals surface area contributed by atoms with Crippen molar-refractivity contribution in [1.29, 1.82) is 0 Å². The number of ether oxygens (including phenoxy) is 2. The predicted molar refractivity (Wildman–Crippen MR) is 118 cm³/mol. The van der Waals surface area contributed by atoms with E-state index in [0.29, 0.717) is 26.3 Å². The standard InChI is InChI=1S/C23H25N3O3S/c1-18-25-21(17-30-18)16-29-22-9-6-19(7-10-22)8-11-23(27)26(13-14-28-2)15-20-5-3-4-12-24-20/h3-12,17H,13-16H2,1-2H3. The van der Waals surface area contributed by atoms with E-state index in [-0.39, 0.29) is 5.91 Å². The summed E-state index contributed by atoms with van der Waals surface area (Å²) in [6.07, 6.45) is 5.10. The van der Waals surface area contributed by atoms with Gasteiger partial charge >= 0.3 is 0 Å². The van der Waals surface area contributed by atoms with Gasteiger partial charge in [-0.25, -0.2) is 4.98 Å². The maximum Gasteiger partial charge on any atom is 0.247 e. The first kappa shape index (κ1) is 21.7. The van der Waals surface area contributed by atoms with Crippen LogP contribution < -0.4 is 4.74 Å². The van der Waals surface area contributed by atoms with Crippen molar-refractivity contribution in [2.75, 3.05) is 20.3 Å². The van der Waals surface area contributed by atoms with Crippen molar-refractivity contribution in [3.05, 3.63) is 82.1 Å². The zero-order chi connectivity index (χ0) is 21.2. The van der Waals surface area contributed by atoms with Gasteiger partial charge in [-0.3, -0.25) is 9.78 Å². The molecule has 0 aliphatic heterocycles. The van der Waals surface area contributed by atoms with Crippen LogP contribution in [-0.2, 0) is 22.7 Å². The Morgan fingerprint density at radius 2 is 2.00 bits per heavy atom. The monoisotopic (exact) mass is 423 g/mol. The molecular formula is C23H25N3O3S. The third-order valence-electron chi connectivity index (χ3n) is 4.31. The molecule has 0 saturated carbocycles. The lowest BCUT2D eigenvalue weighted by Crippen LogP contribution is -2.32. The number of rotatable bonds is 10. The summed E-state index contributed by atoms with van der Waals surface area (Å²) in [5.41, 5.74) is 2.69. The Kier molecular flexibility index (Phi) is 8.11. The number of methoxy groups -OCH3 is 1. The van der Waals surface area contributed by atoms with Gasteiger partial charge in [-0.05, 0) is 42.8 Å². The SMILES string of the molecule is COCCN(Cc1ccccn1)C(=O)C=Cc1ccc(OCc2csc(C)n2)cc1. The Balaban J connectivity index is 1.57. The van der Waals surface area contributed by atoms with Crippen LogP contribution in [0.3, 0.4) is 0 Å². The number of aromatic nitrogens is 2. The minimum Gasteiger partial charge on any atom is -0.487 e. The van der Waals surface area contributed by atoms with Gasteiger partial charge < -0.3 is 14.4 Å². The summed E-state index contributed by atoms with van der Waals surface area (Å²) in [5.74, 6) is 0.679. The average molecular weight is 424 g/mol. The molecule has 0 radical (unpaired) electrons. The third kappa shape index (κ3) is 6.79. The number of hydrogen-bond acceptors (Lipinski definition) is 6. The zero-order valence-corrected chi connectivity index (χ0v) is 18.0. The molecule has 3 rings (SSSR count). The Hall–Kier alpha value is -3.03. The van der Waals surface area contributed by atoms with E-state index in [0.717, 1.165) is 27.7 Å². The lowest BCUT2D eigenvalue weighted by atomic mass is 10.2. The zero-order valence-electron chi connectivity index (χ0n) is 17.2. The minimum absolute atomic E-state index is 0.0862. The first-order chi connectivity index (χ1) is 14.6. The molecule has 0 fully saturated rings. The molecule has 0 aliphatic carbocycles. The average Bonchev–Trinajstić information content (AvgIpc) is 3.20. The Morgan fingerprint density at radius 3 is 2.67 bits per heavy atom. The van der Waals surface area contributed by atoms with Gasteiger partial charge in [0.05, 0.1) is 29.5 Å². The van der Waals surface area contributed by atoms with Gasteiger partial charge in [-0.1, -0.05) is 18.2 Å². The quantitative estimate of drug-likeness (QED) is 0.459. The molecule has 30 heavy (non-hydrogen) atoms. The molecule has 0 aliphatic rings. The van der Waals surface area contributed by atoms with Gasteiger partial charge in [-0.15, -0.1) is 11.3 Å². The number of thiazole rings is 1. The summed E-state index contributed by atoms with van der Waals surface area (Å²) in [4.78, 5) is 23.1. The highest BCUT2D eigenvalue weighted by Crippen LogP contribution is 2.16. The second kappa shape index (κ2) is 11.2. The molecule has 6 nitrogen and oxygen atoms in total. The lowest BCUT2D eigenvalue weighted by molar-refractivity contribution is -0.127. The number of amides is 1. The van der Waals surface area contributed by atoms with Crippen LogP contribution >= 0.6 is 11.3 Å². The number of benzene rings is 1. The highest BCUT2D eigenvalue weighted by molar-refractivity contribution is 7.09. The third-order valence-corrected chi connectivity index (χ3v) is 5.13. The van der Waals surface area contributed by atoms with Crippen molar-refractivity contribution in [2.24, 2.45) is 0 Å². The van der Waals surface area contributed by atoms with Crippen LogP contribution in [0.15, 0.2) is 60.1 Å². The molecule has 0 spiro atoms. The first-order valence-corrected chi connectivity index (χ1v) is 10.5. The predicted octanol–water partition coefficient (Wildman–Crippen LogP) is 4.11. The van der Waals surface area contributed by atoms with Crippen LogP contribution in [0.1, 0.15) is 22.0 Å². The summed E-state index contributed by atoms with van der Waals surface area (Å²) >= 11 is 1.61. The fourth-order valence-electron chi connectivity index (χ4n) is 2.74. The van der Waals surface area contributed by atoms with Crippen molar-refractivity contribution >= 4 is 23.3 Å². The molecule has 2 heterocycles. The fraction of sp³-hybridized carbons (Fsp3) is 0.261. The van der Waals surface area contributed by atoms with Gasteiger partial charge in [0.15, 0.2) is 0 Å². The number of aryl methyl sites for hydroxylation is 1. The highest BCUT2D eigenvalue weighted by atomic mass is 32.1. The van der Waals surface area contributed by atoms with Gasteiger partial charge in [-0.2, -0.15) is 0 Å². The van der Waals surface area contributed by atoms with E-state index in [1.54, 1.807) is 41.7 Å². The van der Waals surface area contributed by atoms with E-state index in [4.69, 9.17) is 9.47 Å². The molecule has 0 N–H and O–H groups in total. The normalized spacial score (nSPS) is 11.0. The van der Waals surface area contributed by atoms with E-state index < -0.39 is 0 Å². The van der Waals surface area contributed by atoms with E-state index in [1.165, 1.54) is 0 Å². The maximum atomic E-state index is 12.7. The molecule has 1 amide bonds. The molecule has 1 aromatic carbocycles. The van der Waals surface area contributed by atoms with E-state index in [2.05, 4.69) is 9.97 Å². The molecule has 3 aromatic rings. The number of nitrogens with zero attached hydrogens (tertiary/aromatic N) is 3. The molecule has 0 atom stereocenters. The largest absolute Gasteiger partial charge is 0.487 e. The Bertz CT molecular complexity index is 955. The number of carbonyl (C=O) groups is 1. The van der Waals surface area contributed by atoms with Crippen LogP contribution in [-0.4, -0.2) is 41.0 Å². The summed E-state index contributed by atoms with van der Waals surface area (Å²) < 4.78 is 10.9. The molecule has 0 unspecified atom stereocenters. The number of pyridine rings is 1. The molecule has 2 aromatic heterocycles.